The van der Waals surface area contributed by atoms with Crippen LogP contribution in [0.1, 0.15) is 50.1 Å². The van der Waals surface area contributed by atoms with E-state index in [1.54, 1.807) is 6.33 Å². The molecule has 1 aromatic carbocycles. The van der Waals surface area contributed by atoms with E-state index in [-0.39, 0.29) is 11.9 Å². The van der Waals surface area contributed by atoms with Gasteiger partial charge in [0, 0.05) is 12.5 Å². The molecule has 1 fully saturated rings. The number of aromatic nitrogens is 4. The molecule has 7 heteroatoms. The van der Waals surface area contributed by atoms with Crippen molar-refractivity contribution in [1.29, 1.82) is 0 Å². The molecule has 130 valence electrons. The van der Waals surface area contributed by atoms with Gasteiger partial charge in [-0.2, -0.15) is 4.98 Å². The fourth-order valence-corrected chi connectivity index (χ4v) is 3.73. The van der Waals surface area contributed by atoms with Gasteiger partial charge in [-0.1, -0.05) is 18.0 Å². The van der Waals surface area contributed by atoms with Crippen LogP contribution in [0.2, 0.25) is 0 Å². The fourth-order valence-electron chi connectivity index (χ4n) is 3.73. The van der Waals surface area contributed by atoms with Crippen LogP contribution >= 0.6 is 0 Å². The molecule has 1 aliphatic carbocycles. The Bertz CT molecular complexity index is 907. The minimum absolute atomic E-state index is 0.0774. The Kier molecular flexibility index (Phi) is 3.99. The second kappa shape index (κ2) is 6.31. The van der Waals surface area contributed by atoms with Crippen molar-refractivity contribution in [2.24, 2.45) is 5.92 Å². The number of carbonyl (C=O) groups excluding carboxylic acids is 1. The van der Waals surface area contributed by atoms with Crippen LogP contribution in [0.25, 0.3) is 22.4 Å². The maximum Gasteiger partial charge on any atom is 0.249 e. The maximum atomic E-state index is 11.6. The number of rotatable bonds is 4. The van der Waals surface area contributed by atoms with Crippen LogP contribution in [0.4, 0.5) is 0 Å². The number of imidazole rings is 1. The maximum absolute atomic E-state index is 11.6. The molecular weight excluding hydrogens is 318 g/mol. The Hall–Kier alpha value is -2.70. The first-order valence-corrected chi connectivity index (χ1v) is 8.66. The van der Waals surface area contributed by atoms with Crippen LogP contribution in [0.15, 0.2) is 23.0 Å². The summed E-state index contributed by atoms with van der Waals surface area (Å²) in [5, 5.41) is 7.14. The van der Waals surface area contributed by atoms with Crippen molar-refractivity contribution in [3.8, 4) is 11.4 Å². The van der Waals surface area contributed by atoms with Crippen molar-refractivity contribution in [2.75, 3.05) is 0 Å². The smallest absolute Gasteiger partial charge is 0.249 e. The van der Waals surface area contributed by atoms with Gasteiger partial charge in [0.05, 0.1) is 17.4 Å². The predicted octanol–water partition coefficient (Wildman–Crippen LogP) is 3.29. The van der Waals surface area contributed by atoms with E-state index in [4.69, 9.17) is 4.52 Å². The summed E-state index contributed by atoms with van der Waals surface area (Å²) in [4.78, 5) is 23.6. The zero-order valence-electron chi connectivity index (χ0n) is 14.4. The highest BCUT2D eigenvalue weighted by atomic mass is 16.5. The topological polar surface area (TPSA) is 96.7 Å². The van der Waals surface area contributed by atoms with Gasteiger partial charge >= 0.3 is 0 Å². The third-order valence-corrected chi connectivity index (χ3v) is 4.91. The lowest BCUT2D eigenvalue weighted by molar-refractivity contribution is -0.120. The molecule has 0 radical (unpaired) electrons. The van der Waals surface area contributed by atoms with E-state index in [0.29, 0.717) is 17.6 Å². The summed E-state index contributed by atoms with van der Waals surface area (Å²) in [6.07, 6.45) is 6.18. The molecule has 1 amide bonds. The third kappa shape index (κ3) is 3.01. The molecule has 2 heterocycles. The van der Waals surface area contributed by atoms with E-state index in [2.05, 4.69) is 25.4 Å². The normalized spacial score (nSPS) is 16.4. The highest BCUT2D eigenvalue weighted by Gasteiger charge is 2.31. The van der Waals surface area contributed by atoms with Crippen LogP contribution < -0.4 is 5.32 Å². The van der Waals surface area contributed by atoms with E-state index in [1.165, 1.54) is 19.8 Å². The Morgan fingerprint density at radius 3 is 2.92 bits per heavy atom. The van der Waals surface area contributed by atoms with Gasteiger partial charge < -0.3 is 14.8 Å². The lowest BCUT2D eigenvalue weighted by Crippen LogP contribution is -2.31. The number of fused-ring (bicyclic) bond motifs is 1. The van der Waals surface area contributed by atoms with E-state index in [1.807, 2.05) is 19.1 Å². The molecule has 0 spiro atoms. The number of aryl methyl sites for hydroxylation is 1. The second-order valence-electron chi connectivity index (χ2n) is 6.77. The van der Waals surface area contributed by atoms with Gasteiger partial charge in [0.25, 0.3) is 0 Å². The van der Waals surface area contributed by atoms with Gasteiger partial charge in [0.2, 0.25) is 17.6 Å². The van der Waals surface area contributed by atoms with Crippen molar-refractivity contribution >= 4 is 16.9 Å². The van der Waals surface area contributed by atoms with Crippen LogP contribution in [0, 0.1) is 12.8 Å². The van der Waals surface area contributed by atoms with Crippen molar-refractivity contribution in [3.05, 3.63) is 29.9 Å². The number of nitrogens with one attached hydrogen (secondary N) is 2. The Balaban J connectivity index is 1.68. The highest BCUT2D eigenvalue weighted by molar-refractivity contribution is 5.83. The number of H-pyrrole nitrogens is 1. The quantitative estimate of drug-likeness (QED) is 0.760. The Labute approximate surface area is 145 Å². The first kappa shape index (κ1) is 15.8. The summed E-state index contributed by atoms with van der Waals surface area (Å²) < 4.78 is 5.53. The fraction of sp³-hybridized carbons (Fsp3) is 0.444. The molecule has 0 bridgehead atoms. The number of carbonyl (C=O) groups is 1. The summed E-state index contributed by atoms with van der Waals surface area (Å²) in [5.41, 5.74) is 3.80. The largest absolute Gasteiger partial charge is 0.345 e. The van der Waals surface area contributed by atoms with E-state index in [9.17, 15) is 4.79 Å². The van der Waals surface area contributed by atoms with Crippen molar-refractivity contribution in [3.63, 3.8) is 0 Å². The zero-order valence-corrected chi connectivity index (χ0v) is 14.4. The first-order chi connectivity index (χ1) is 12.1. The molecule has 1 atom stereocenters. The van der Waals surface area contributed by atoms with Gasteiger partial charge in [0.15, 0.2) is 0 Å². The molecule has 7 nitrogen and oxygen atoms in total. The summed E-state index contributed by atoms with van der Waals surface area (Å²) in [6, 6.07) is 3.76. The average molecular weight is 339 g/mol. The van der Waals surface area contributed by atoms with Crippen molar-refractivity contribution in [1.82, 2.24) is 25.4 Å². The Morgan fingerprint density at radius 1 is 1.36 bits per heavy atom. The van der Waals surface area contributed by atoms with Gasteiger partial charge in [-0.3, -0.25) is 4.79 Å². The van der Waals surface area contributed by atoms with E-state index < -0.39 is 0 Å². The van der Waals surface area contributed by atoms with Crippen LogP contribution in [0.5, 0.6) is 0 Å². The van der Waals surface area contributed by atoms with Gasteiger partial charge in [-0.15, -0.1) is 0 Å². The third-order valence-electron chi connectivity index (χ3n) is 4.91. The minimum Gasteiger partial charge on any atom is -0.345 e. The molecular formula is C18H21N5O2. The molecule has 2 N–H and O–H groups in total. The van der Waals surface area contributed by atoms with Crippen LogP contribution in [-0.4, -0.2) is 26.0 Å². The zero-order chi connectivity index (χ0) is 17.4. The second-order valence-corrected chi connectivity index (χ2v) is 6.77. The number of hydrogen-bond acceptors (Lipinski definition) is 5. The highest BCUT2D eigenvalue weighted by Crippen LogP contribution is 2.36. The summed E-state index contributed by atoms with van der Waals surface area (Å²) in [5.74, 6) is 1.29. The van der Waals surface area contributed by atoms with Crippen LogP contribution in [0.3, 0.4) is 0 Å². The molecule has 0 aliphatic heterocycles. The van der Waals surface area contributed by atoms with Gasteiger partial charge in [-0.05, 0) is 43.4 Å². The molecule has 2 aromatic heterocycles. The van der Waals surface area contributed by atoms with E-state index in [0.717, 1.165) is 35.0 Å². The molecule has 4 rings (SSSR count). The molecule has 0 saturated heterocycles. The average Bonchev–Trinajstić information content (AvgIpc) is 3.32. The van der Waals surface area contributed by atoms with Gasteiger partial charge in [-0.25, -0.2) is 4.98 Å². The monoisotopic (exact) mass is 339 g/mol. The van der Waals surface area contributed by atoms with Crippen molar-refractivity contribution < 1.29 is 9.32 Å². The standard InChI is InChI=1S/C18H21N5O2/c1-10-7-13(8-14-15(10)20-9-19-14)17-22-18(25-23-17)16(21-11(2)24)12-5-3-4-6-12/h7-9,12,16H,3-6H2,1-2H3,(H,19,20)(H,21,24)/t16-/m0/s1. The van der Waals surface area contributed by atoms with Crippen molar-refractivity contribution in [2.45, 2.75) is 45.6 Å². The number of nitrogens with zero attached hydrogens (tertiary/aromatic N) is 3. The van der Waals surface area contributed by atoms with Gasteiger partial charge in [0.1, 0.15) is 6.04 Å². The first-order valence-electron chi connectivity index (χ1n) is 8.66. The van der Waals surface area contributed by atoms with E-state index >= 15 is 0 Å². The minimum atomic E-state index is -0.210. The van der Waals surface area contributed by atoms with Crippen LogP contribution in [-0.2, 0) is 4.79 Å². The lowest BCUT2D eigenvalue weighted by Gasteiger charge is -2.20. The number of benzene rings is 1. The predicted molar refractivity (Wildman–Crippen MR) is 92.6 cm³/mol. The summed E-state index contributed by atoms with van der Waals surface area (Å²) in [6.45, 7) is 3.53. The molecule has 1 aliphatic rings. The number of hydrogen-bond donors (Lipinski definition) is 2. The molecule has 1 saturated carbocycles. The summed E-state index contributed by atoms with van der Waals surface area (Å²) >= 11 is 0. The SMILES string of the molecule is CC(=O)N[C@H](c1nc(-c2cc(C)c3nc[nH]c3c2)no1)C1CCCC1. The summed E-state index contributed by atoms with van der Waals surface area (Å²) in [7, 11) is 0. The number of aromatic amines is 1. The molecule has 3 aromatic rings. The lowest BCUT2D eigenvalue weighted by atomic mass is 9.98. The molecule has 25 heavy (non-hydrogen) atoms. The Morgan fingerprint density at radius 2 is 2.16 bits per heavy atom. The number of amides is 1. The molecule has 0 unspecified atom stereocenters.